The third-order valence-corrected chi connectivity index (χ3v) is 20.8. The molecule has 0 fully saturated rings. The van der Waals surface area contributed by atoms with Gasteiger partial charge in [0.1, 0.15) is 0 Å². The van der Waals surface area contributed by atoms with Crippen LogP contribution in [-0.2, 0) is 28.0 Å². The van der Waals surface area contributed by atoms with Crippen molar-refractivity contribution in [2.45, 2.75) is 116 Å². The quantitative estimate of drug-likeness (QED) is 0.220. The monoisotopic (exact) mass is 488 g/mol. The van der Waals surface area contributed by atoms with Gasteiger partial charge in [-0.15, -0.1) is 0 Å². The van der Waals surface area contributed by atoms with E-state index in [-0.39, 0.29) is 0 Å². The van der Waals surface area contributed by atoms with Gasteiger partial charge in [-0.3, -0.25) is 0 Å². The van der Waals surface area contributed by atoms with Crippen molar-refractivity contribution in [3.05, 3.63) is 0 Å². The molecule has 0 radical (unpaired) electrons. The fourth-order valence-corrected chi connectivity index (χ4v) is 20.4. The maximum absolute atomic E-state index is 12.8. The first-order valence-electron chi connectivity index (χ1n) is 11.3. The van der Waals surface area contributed by atoms with E-state index in [0.29, 0.717) is 0 Å². The molecule has 0 N–H and O–H groups in total. The van der Waals surface area contributed by atoms with Gasteiger partial charge >= 0.3 is 0 Å². The van der Waals surface area contributed by atoms with Crippen LogP contribution in [0.2, 0.25) is 36.3 Å². The van der Waals surface area contributed by atoms with E-state index in [4.69, 9.17) is 7.74 Å². The van der Waals surface area contributed by atoms with E-state index in [1.54, 1.807) is 0 Å². The molecular formula is C19H44O6S2Si2. The average molecular weight is 489 g/mol. The minimum atomic E-state index is -4.21. The molecule has 0 aromatic heterocycles. The van der Waals surface area contributed by atoms with Crippen LogP contribution in [0.5, 0.6) is 0 Å². The Balaban J connectivity index is 5.64. The van der Waals surface area contributed by atoms with E-state index in [1.807, 2.05) is 41.5 Å². The predicted octanol–water partition coefficient (Wildman–Crippen LogP) is 5.99. The van der Waals surface area contributed by atoms with Gasteiger partial charge in [-0.1, -0.05) is 80.1 Å². The molecule has 176 valence electrons. The maximum Gasteiger partial charge on any atom is 0.274 e. The number of rotatable bonds is 18. The van der Waals surface area contributed by atoms with Crippen LogP contribution in [0.3, 0.4) is 0 Å². The molecule has 0 rings (SSSR count). The fourth-order valence-electron chi connectivity index (χ4n) is 4.50. The Hall–Kier alpha value is 0.254. The molecule has 0 atom stereocenters. The molecule has 29 heavy (non-hydrogen) atoms. The third-order valence-electron chi connectivity index (χ3n) is 5.13. The summed E-state index contributed by atoms with van der Waals surface area (Å²) in [6, 6.07) is 4.39. The SMILES string of the molecule is CCC[Si](CCC)(CCC)OS(=O)(=O)CS(=O)(=O)O[Si](CCC)(CCC)CCC. The molecule has 0 unspecified atom stereocenters. The predicted molar refractivity (Wildman–Crippen MR) is 127 cm³/mol. The van der Waals surface area contributed by atoms with Crippen molar-refractivity contribution in [1.29, 1.82) is 0 Å². The highest BCUT2D eigenvalue weighted by molar-refractivity contribution is 8.04. The first kappa shape index (κ1) is 29.3. The van der Waals surface area contributed by atoms with Crippen molar-refractivity contribution < 1.29 is 24.6 Å². The van der Waals surface area contributed by atoms with Crippen molar-refractivity contribution in [1.82, 2.24) is 0 Å². The van der Waals surface area contributed by atoms with E-state index in [1.165, 1.54) is 0 Å². The average Bonchev–Trinajstić information content (AvgIpc) is 2.53. The Kier molecular flexibility index (Phi) is 13.7. The minimum Gasteiger partial charge on any atom is -0.314 e. The molecule has 6 nitrogen and oxygen atoms in total. The van der Waals surface area contributed by atoms with E-state index in [9.17, 15) is 16.8 Å². The summed E-state index contributed by atoms with van der Waals surface area (Å²) in [6.45, 7) is 12.1. The normalized spacial score (nSPS) is 13.7. The third kappa shape index (κ3) is 10.9. The Morgan fingerprint density at radius 3 is 0.862 bits per heavy atom. The van der Waals surface area contributed by atoms with Crippen molar-refractivity contribution in [3.8, 4) is 0 Å². The van der Waals surface area contributed by atoms with Crippen molar-refractivity contribution in [2.75, 3.05) is 5.08 Å². The molecule has 0 saturated heterocycles. The lowest BCUT2D eigenvalue weighted by Crippen LogP contribution is -2.44. The first-order valence-corrected chi connectivity index (χ1v) is 19.6. The summed E-state index contributed by atoms with van der Waals surface area (Å²) in [5, 5.41) is -1.06. The number of hydrogen-bond donors (Lipinski definition) is 0. The van der Waals surface area contributed by atoms with Crippen LogP contribution in [0, 0.1) is 0 Å². The largest absolute Gasteiger partial charge is 0.314 e. The zero-order valence-electron chi connectivity index (χ0n) is 19.5. The smallest absolute Gasteiger partial charge is 0.274 e. The Morgan fingerprint density at radius 1 is 0.483 bits per heavy atom. The van der Waals surface area contributed by atoms with Gasteiger partial charge in [0, 0.05) is 0 Å². The molecule has 0 aliphatic carbocycles. The topological polar surface area (TPSA) is 86.7 Å². The maximum atomic E-state index is 12.8. The molecule has 0 heterocycles. The molecule has 10 heteroatoms. The summed E-state index contributed by atoms with van der Waals surface area (Å²) in [4.78, 5) is 0. The van der Waals surface area contributed by atoms with Gasteiger partial charge in [-0.05, 0) is 36.3 Å². The molecule has 0 aliphatic rings. The molecular weight excluding hydrogens is 445 g/mol. The second kappa shape index (κ2) is 13.6. The number of hydrogen-bond acceptors (Lipinski definition) is 6. The summed E-state index contributed by atoms with van der Waals surface area (Å²) in [5.74, 6) is 0. The van der Waals surface area contributed by atoms with Crippen molar-refractivity contribution in [2.24, 2.45) is 0 Å². The molecule has 0 aromatic rings. The van der Waals surface area contributed by atoms with Crippen LogP contribution in [0.15, 0.2) is 0 Å². The summed E-state index contributed by atoms with van der Waals surface area (Å²) >= 11 is 0. The second-order valence-electron chi connectivity index (χ2n) is 8.27. The zero-order chi connectivity index (χ0) is 22.6. The Morgan fingerprint density at radius 2 is 0.690 bits per heavy atom. The molecule has 0 amide bonds. The standard InChI is InChI=1S/C19H44O6S2Si2/c1-7-13-28(14-8-2,15-9-3)24-26(20,21)19-27(22,23)25-29(16-10-4,17-11-5)18-12-6/h7-19H2,1-6H3. The second-order valence-corrected chi connectivity index (χ2v) is 20.5. The van der Waals surface area contributed by atoms with Crippen LogP contribution < -0.4 is 0 Å². The van der Waals surface area contributed by atoms with Gasteiger partial charge in [0.15, 0.2) is 0 Å². The van der Waals surface area contributed by atoms with E-state index in [0.717, 1.165) is 74.8 Å². The van der Waals surface area contributed by atoms with Gasteiger partial charge in [-0.25, -0.2) is 0 Å². The highest BCUT2D eigenvalue weighted by Crippen LogP contribution is 2.32. The van der Waals surface area contributed by atoms with Crippen LogP contribution in [-0.4, -0.2) is 38.6 Å². The summed E-state index contributed by atoms with van der Waals surface area (Å²) in [7, 11) is -13.5. The molecule has 0 spiro atoms. The highest BCUT2D eigenvalue weighted by atomic mass is 32.3. The van der Waals surface area contributed by atoms with Crippen LogP contribution in [0.4, 0.5) is 0 Å². The van der Waals surface area contributed by atoms with E-state index in [2.05, 4.69) is 0 Å². The van der Waals surface area contributed by atoms with E-state index >= 15 is 0 Å². The van der Waals surface area contributed by atoms with Gasteiger partial charge in [-0.2, -0.15) is 16.8 Å². The summed E-state index contributed by atoms with van der Waals surface area (Å²) in [6.07, 6.45) is 5.03. The zero-order valence-corrected chi connectivity index (χ0v) is 23.1. The summed E-state index contributed by atoms with van der Waals surface area (Å²) < 4.78 is 62.7. The molecule has 0 bridgehead atoms. The Labute approximate surface area is 182 Å². The highest BCUT2D eigenvalue weighted by Gasteiger charge is 2.42. The van der Waals surface area contributed by atoms with Crippen LogP contribution in [0.1, 0.15) is 80.1 Å². The first-order chi connectivity index (χ1) is 13.5. The Bertz CT molecular complexity index is 560. The van der Waals surface area contributed by atoms with Gasteiger partial charge in [0.25, 0.3) is 20.2 Å². The molecule has 0 saturated carbocycles. The summed E-state index contributed by atoms with van der Waals surface area (Å²) in [5.41, 5.74) is 0. The molecule has 0 aliphatic heterocycles. The lowest BCUT2D eigenvalue weighted by Gasteiger charge is -2.31. The van der Waals surface area contributed by atoms with Crippen molar-refractivity contribution >= 4 is 36.9 Å². The molecule has 0 aromatic carbocycles. The van der Waals surface area contributed by atoms with Crippen LogP contribution >= 0.6 is 0 Å². The lowest BCUT2D eigenvalue weighted by molar-refractivity contribution is 0.459. The van der Waals surface area contributed by atoms with Gasteiger partial charge in [0.05, 0.1) is 0 Å². The minimum absolute atomic E-state index is 0.731. The van der Waals surface area contributed by atoms with Crippen LogP contribution in [0.25, 0.3) is 0 Å². The fraction of sp³-hybridized carbons (Fsp3) is 1.00. The lowest BCUT2D eigenvalue weighted by atomic mass is 10.6. The van der Waals surface area contributed by atoms with Gasteiger partial charge in [0.2, 0.25) is 21.7 Å². The van der Waals surface area contributed by atoms with Gasteiger partial charge < -0.3 is 7.74 Å². The van der Waals surface area contributed by atoms with E-state index < -0.39 is 42.0 Å². The van der Waals surface area contributed by atoms with Crippen molar-refractivity contribution in [3.63, 3.8) is 0 Å².